The monoisotopic (exact) mass is 343 g/mol. The van der Waals surface area contributed by atoms with Crippen molar-refractivity contribution in [1.29, 1.82) is 0 Å². The first-order valence-electron chi connectivity index (χ1n) is 7.43. The van der Waals surface area contributed by atoms with Crippen LogP contribution in [0.2, 0.25) is 0 Å². The summed E-state index contributed by atoms with van der Waals surface area (Å²) < 4.78 is 0. The number of amides is 1. The highest BCUT2D eigenvalue weighted by molar-refractivity contribution is 8.00. The van der Waals surface area contributed by atoms with Gasteiger partial charge in [0.1, 0.15) is 16.2 Å². The van der Waals surface area contributed by atoms with Crippen LogP contribution < -0.4 is 5.32 Å². The van der Waals surface area contributed by atoms with E-state index in [1.165, 1.54) is 17.3 Å². The van der Waals surface area contributed by atoms with Crippen molar-refractivity contribution in [1.82, 2.24) is 15.3 Å². The number of aromatic nitrogens is 2. The number of nitrogens with one attached hydrogen (secondary N) is 1. The zero-order valence-electron chi connectivity index (χ0n) is 12.9. The predicted octanol–water partition coefficient (Wildman–Crippen LogP) is 3.98. The van der Waals surface area contributed by atoms with Crippen molar-refractivity contribution in [2.75, 3.05) is 6.54 Å². The molecule has 0 aliphatic rings. The molecule has 1 atom stereocenters. The van der Waals surface area contributed by atoms with Gasteiger partial charge in [0.05, 0.1) is 5.25 Å². The van der Waals surface area contributed by atoms with E-state index in [0.29, 0.717) is 6.54 Å². The largest absolute Gasteiger partial charge is 0.355 e. The van der Waals surface area contributed by atoms with E-state index >= 15 is 0 Å². The minimum atomic E-state index is -0.187. The highest BCUT2D eigenvalue weighted by Gasteiger charge is 2.17. The van der Waals surface area contributed by atoms with Crippen LogP contribution in [-0.4, -0.2) is 27.7 Å². The molecule has 0 saturated heterocycles. The molecule has 23 heavy (non-hydrogen) atoms. The molecule has 6 heteroatoms. The minimum Gasteiger partial charge on any atom is -0.355 e. The van der Waals surface area contributed by atoms with Crippen LogP contribution in [-0.2, 0) is 4.79 Å². The number of nitrogens with zero attached hydrogens (tertiary/aromatic N) is 2. The predicted molar refractivity (Wildman–Crippen MR) is 96.9 cm³/mol. The smallest absolute Gasteiger partial charge is 0.233 e. The second-order valence-electron chi connectivity index (χ2n) is 5.03. The number of thiophene rings is 1. The van der Waals surface area contributed by atoms with Crippen LogP contribution in [0.4, 0.5) is 0 Å². The van der Waals surface area contributed by atoms with E-state index in [1.54, 1.807) is 17.7 Å². The van der Waals surface area contributed by atoms with Gasteiger partial charge in [0, 0.05) is 16.8 Å². The summed E-state index contributed by atoms with van der Waals surface area (Å²) in [6, 6.07) is 12.3. The highest BCUT2D eigenvalue weighted by atomic mass is 32.2. The van der Waals surface area contributed by atoms with Gasteiger partial charge in [-0.15, -0.1) is 11.3 Å². The van der Waals surface area contributed by atoms with Gasteiger partial charge in [0.25, 0.3) is 0 Å². The van der Waals surface area contributed by atoms with Crippen molar-refractivity contribution < 1.29 is 4.79 Å². The Kier molecular flexibility index (Phi) is 4.93. The molecule has 0 saturated carbocycles. The molecule has 0 fully saturated rings. The molecule has 1 N–H and O–H groups in total. The van der Waals surface area contributed by atoms with Crippen LogP contribution in [0.5, 0.6) is 0 Å². The molecule has 118 valence electrons. The van der Waals surface area contributed by atoms with E-state index in [1.807, 2.05) is 32.0 Å². The fourth-order valence-electron chi connectivity index (χ4n) is 2.21. The van der Waals surface area contributed by atoms with E-state index in [9.17, 15) is 4.79 Å². The van der Waals surface area contributed by atoms with E-state index in [-0.39, 0.29) is 11.2 Å². The Hall–Kier alpha value is -1.92. The Bertz CT molecular complexity index is 817. The number of hydrogen-bond donors (Lipinski definition) is 1. The molecule has 0 spiro atoms. The summed E-state index contributed by atoms with van der Waals surface area (Å²) in [6.07, 6.45) is 1.57. The van der Waals surface area contributed by atoms with Crippen LogP contribution in [0.1, 0.15) is 13.8 Å². The van der Waals surface area contributed by atoms with Gasteiger partial charge in [-0.05, 0) is 25.5 Å². The number of hydrogen-bond acceptors (Lipinski definition) is 5. The Morgan fingerprint density at radius 2 is 2.09 bits per heavy atom. The summed E-state index contributed by atoms with van der Waals surface area (Å²) in [5.41, 5.74) is 1.17. The Labute approximate surface area is 143 Å². The van der Waals surface area contributed by atoms with Gasteiger partial charge in [-0.3, -0.25) is 4.79 Å². The lowest BCUT2D eigenvalue weighted by atomic mass is 10.2. The molecule has 0 unspecified atom stereocenters. The van der Waals surface area contributed by atoms with Gasteiger partial charge < -0.3 is 5.32 Å². The molecule has 0 bridgehead atoms. The molecule has 4 nitrogen and oxygen atoms in total. The van der Waals surface area contributed by atoms with Crippen molar-refractivity contribution in [3.8, 4) is 10.4 Å². The molecule has 3 aromatic rings. The first kappa shape index (κ1) is 16.0. The molecule has 0 aliphatic heterocycles. The van der Waals surface area contributed by atoms with Crippen LogP contribution in [0, 0.1) is 0 Å². The average Bonchev–Trinajstić information content (AvgIpc) is 3.01. The molecule has 0 radical (unpaired) electrons. The third kappa shape index (κ3) is 3.54. The summed E-state index contributed by atoms with van der Waals surface area (Å²) in [4.78, 5) is 22.8. The lowest BCUT2D eigenvalue weighted by Crippen LogP contribution is -2.30. The number of thioether (sulfide) groups is 1. The second kappa shape index (κ2) is 7.10. The van der Waals surface area contributed by atoms with Crippen molar-refractivity contribution in [3.63, 3.8) is 0 Å². The van der Waals surface area contributed by atoms with Crippen LogP contribution in [0.15, 0.2) is 47.8 Å². The van der Waals surface area contributed by atoms with E-state index < -0.39 is 0 Å². The summed E-state index contributed by atoms with van der Waals surface area (Å²) in [5.74, 6) is 0.0303. The summed E-state index contributed by atoms with van der Waals surface area (Å²) in [6.45, 7) is 4.46. The van der Waals surface area contributed by atoms with Gasteiger partial charge in [-0.1, -0.05) is 42.1 Å². The van der Waals surface area contributed by atoms with E-state index in [2.05, 4.69) is 33.5 Å². The minimum absolute atomic E-state index is 0.0303. The van der Waals surface area contributed by atoms with Crippen molar-refractivity contribution >= 4 is 39.2 Å². The number of fused-ring (bicyclic) bond motifs is 1. The fourth-order valence-corrected chi connectivity index (χ4v) is 4.20. The number of carbonyl (C=O) groups excluding carboxylic acids is 1. The molecule has 3 rings (SSSR count). The number of benzene rings is 1. The van der Waals surface area contributed by atoms with Crippen LogP contribution in [0.25, 0.3) is 20.7 Å². The SMILES string of the molecule is CCNC(=O)[C@H](C)Sc1ncnc2sc(-c3ccccc3)cc12. The molecule has 2 heterocycles. The average molecular weight is 343 g/mol. The summed E-state index contributed by atoms with van der Waals surface area (Å²) >= 11 is 3.12. The summed E-state index contributed by atoms with van der Waals surface area (Å²) in [7, 11) is 0. The molecular formula is C17H17N3OS2. The van der Waals surface area contributed by atoms with Crippen molar-refractivity contribution in [2.24, 2.45) is 0 Å². The highest BCUT2D eigenvalue weighted by Crippen LogP contribution is 2.37. The summed E-state index contributed by atoms with van der Waals surface area (Å²) in [5, 5.41) is 4.52. The van der Waals surface area contributed by atoms with E-state index in [0.717, 1.165) is 20.1 Å². The number of rotatable bonds is 5. The van der Waals surface area contributed by atoms with Crippen molar-refractivity contribution in [3.05, 3.63) is 42.7 Å². The molecular weight excluding hydrogens is 326 g/mol. The van der Waals surface area contributed by atoms with E-state index in [4.69, 9.17) is 0 Å². The van der Waals surface area contributed by atoms with Gasteiger partial charge in [-0.2, -0.15) is 0 Å². The van der Waals surface area contributed by atoms with Gasteiger partial charge in [0.15, 0.2) is 0 Å². The third-order valence-corrected chi connectivity index (χ3v) is 5.57. The molecule has 1 amide bonds. The van der Waals surface area contributed by atoms with Crippen LogP contribution >= 0.6 is 23.1 Å². The zero-order valence-corrected chi connectivity index (χ0v) is 14.6. The quantitative estimate of drug-likeness (QED) is 0.562. The topological polar surface area (TPSA) is 54.9 Å². The molecule has 1 aromatic carbocycles. The second-order valence-corrected chi connectivity index (χ2v) is 7.39. The Balaban J connectivity index is 1.93. The van der Waals surface area contributed by atoms with Gasteiger partial charge in [0.2, 0.25) is 5.91 Å². The Morgan fingerprint density at radius 3 is 2.83 bits per heavy atom. The number of carbonyl (C=O) groups is 1. The standard InChI is InChI=1S/C17H17N3OS2/c1-3-18-15(21)11(2)22-16-13-9-14(12-7-5-4-6-8-12)23-17(13)20-10-19-16/h4-11H,3H2,1-2H3,(H,18,21)/t11-/m0/s1. The van der Waals surface area contributed by atoms with Crippen LogP contribution in [0.3, 0.4) is 0 Å². The lowest BCUT2D eigenvalue weighted by Gasteiger charge is -2.10. The molecule has 2 aromatic heterocycles. The van der Waals surface area contributed by atoms with Gasteiger partial charge >= 0.3 is 0 Å². The Morgan fingerprint density at radius 1 is 1.30 bits per heavy atom. The lowest BCUT2D eigenvalue weighted by molar-refractivity contribution is -0.120. The maximum Gasteiger partial charge on any atom is 0.233 e. The van der Waals surface area contributed by atoms with Gasteiger partial charge in [-0.25, -0.2) is 9.97 Å². The van der Waals surface area contributed by atoms with Crippen molar-refractivity contribution in [2.45, 2.75) is 24.1 Å². The normalized spacial score (nSPS) is 12.3. The zero-order chi connectivity index (χ0) is 16.2. The first-order valence-corrected chi connectivity index (χ1v) is 9.13. The first-order chi connectivity index (χ1) is 11.2. The molecule has 0 aliphatic carbocycles. The fraction of sp³-hybridized carbons (Fsp3) is 0.235. The third-order valence-electron chi connectivity index (χ3n) is 3.36. The maximum absolute atomic E-state index is 11.9. The maximum atomic E-state index is 11.9.